The molecule has 2 heterocycles. The van der Waals surface area contributed by atoms with Crippen LogP contribution < -0.4 is 5.32 Å². The number of hydrogen-bond acceptors (Lipinski definition) is 7. The first-order valence-electron chi connectivity index (χ1n) is 6.15. The van der Waals surface area contributed by atoms with E-state index < -0.39 is 30.7 Å². The van der Waals surface area contributed by atoms with Gasteiger partial charge in [0.1, 0.15) is 6.10 Å². The molecule has 0 aromatic carbocycles. The van der Waals surface area contributed by atoms with E-state index in [9.17, 15) is 20.4 Å². The Morgan fingerprint density at radius 3 is 2.61 bits per heavy atom. The molecule has 0 amide bonds. The molecule has 2 fully saturated rings. The van der Waals surface area contributed by atoms with Gasteiger partial charge in [-0.3, -0.25) is 0 Å². The third-order valence-corrected chi connectivity index (χ3v) is 3.80. The summed E-state index contributed by atoms with van der Waals surface area (Å²) in [5.41, 5.74) is 0. The second-order valence-corrected chi connectivity index (χ2v) is 4.92. The minimum Gasteiger partial charge on any atom is -0.394 e. The van der Waals surface area contributed by atoms with Crippen molar-refractivity contribution in [3.05, 3.63) is 0 Å². The quantitative estimate of drug-likeness (QED) is 0.372. The van der Waals surface area contributed by atoms with E-state index in [2.05, 4.69) is 5.32 Å². The molecule has 0 unspecified atom stereocenters. The molecule has 7 atom stereocenters. The number of ether oxygens (including phenoxy) is 2. The van der Waals surface area contributed by atoms with Crippen LogP contribution in [0.3, 0.4) is 0 Å². The lowest BCUT2D eigenvalue weighted by atomic mass is 9.85. The molecule has 0 aromatic rings. The lowest BCUT2D eigenvalue weighted by Crippen LogP contribution is -2.60. The fourth-order valence-corrected chi connectivity index (χ4v) is 2.75. The Labute approximate surface area is 105 Å². The number of rotatable bonds is 2. The van der Waals surface area contributed by atoms with E-state index in [-0.39, 0.29) is 31.5 Å². The highest BCUT2D eigenvalue weighted by molar-refractivity contribution is 4.97. The highest BCUT2D eigenvalue weighted by atomic mass is 16.7. The average molecular weight is 263 g/mol. The van der Waals surface area contributed by atoms with Crippen molar-refractivity contribution in [2.75, 3.05) is 20.3 Å². The number of aliphatic hydroxyl groups is 4. The summed E-state index contributed by atoms with van der Waals surface area (Å²) in [6, 6.07) is -0.382. The molecule has 2 rings (SSSR count). The standard InChI is InChI=1S/C11H21NO6/c1-17-11-5-2-6(14)7(15)3-12-9(5)10(16)8(4-13)18-11/h5-16H,2-4H2,1H3/t5-,6+,7-,8-,9-,10-,11-/m1/s1. The number of nitrogens with one attached hydrogen (secondary N) is 1. The van der Waals surface area contributed by atoms with Gasteiger partial charge in [0.2, 0.25) is 0 Å². The maximum atomic E-state index is 10.1. The average Bonchev–Trinajstić information content (AvgIpc) is 2.51. The van der Waals surface area contributed by atoms with Crippen molar-refractivity contribution in [3.8, 4) is 0 Å². The molecular weight excluding hydrogens is 242 g/mol. The van der Waals surface area contributed by atoms with Crippen molar-refractivity contribution in [1.82, 2.24) is 5.32 Å². The van der Waals surface area contributed by atoms with Gasteiger partial charge < -0.3 is 35.2 Å². The number of methoxy groups -OCH3 is 1. The number of fused-ring (bicyclic) bond motifs is 1. The second kappa shape index (κ2) is 5.79. The van der Waals surface area contributed by atoms with Crippen LogP contribution in [0.4, 0.5) is 0 Å². The van der Waals surface area contributed by atoms with Gasteiger partial charge >= 0.3 is 0 Å². The van der Waals surface area contributed by atoms with Crippen LogP contribution in [-0.2, 0) is 9.47 Å². The van der Waals surface area contributed by atoms with Crippen LogP contribution in [0.5, 0.6) is 0 Å². The van der Waals surface area contributed by atoms with E-state index in [0.717, 1.165) is 0 Å². The Balaban J connectivity index is 2.18. The Morgan fingerprint density at radius 2 is 2.00 bits per heavy atom. The first kappa shape index (κ1) is 14.1. The fourth-order valence-electron chi connectivity index (χ4n) is 2.75. The van der Waals surface area contributed by atoms with Crippen LogP contribution in [0, 0.1) is 5.92 Å². The molecule has 0 aromatic heterocycles. The summed E-state index contributed by atoms with van der Waals surface area (Å²) in [7, 11) is 1.47. The fraction of sp³-hybridized carbons (Fsp3) is 1.00. The smallest absolute Gasteiger partial charge is 0.162 e. The van der Waals surface area contributed by atoms with Crippen molar-refractivity contribution < 1.29 is 29.9 Å². The highest BCUT2D eigenvalue weighted by Crippen LogP contribution is 2.32. The molecule has 7 nitrogen and oxygen atoms in total. The van der Waals surface area contributed by atoms with Crippen molar-refractivity contribution in [2.24, 2.45) is 5.92 Å². The van der Waals surface area contributed by atoms with E-state index in [1.165, 1.54) is 7.11 Å². The molecule has 2 saturated heterocycles. The first-order valence-corrected chi connectivity index (χ1v) is 6.15. The highest BCUT2D eigenvalue weighted by Gasteiger charge is 2.47. The zero-order chi connectivity index (χ0) is 13.3. The van der Waals surface area contributed by atoms with Gasteiger partial charge in [-0.25, -0.2) is 0 Å². The van der Waals surface area contributed by atoms with Crippen molar-refractivity contribution in [2.45, 2.75) is 43.2 Å². The van der Waals surface area contributed by atoms with Crippen molar-refractivity contribution in [3.63, 3.8) is 0 Å². The molecule has 0 radical (unpaired) electrons. The molecule has 7 heteroatoms. The van der Waals surface area contributed by atoms with E-state index in [0.29, 0.717) is 0 Å². The van der Waals surface area contributed by atoms with Crippen LogP contribution >= 0.6 is 0 Å². The maximum absolute atomic E-state index is 10.1. The van der Waals surface area contributed by atoms with Gasteiger partial charge in [0.25, 0.3) is 0 Å². The third-order valence-electron chi connectivity index (χ3n) is 3.80. The monoisotopic (exact) mass is 263 g/mol. The van der Waals surface area contributed by atoms with Crippen LogP contribution in [0.25, 0.3) is 0 Å². The van der Waals surface area contributed by atoms with Gasteiger partial charge in [0, 0.05) is 25.6 Å². The van der Waals surface area contributed by atoms with E-state index in [4.69, 9.17) is 9.47 Å². The van der Waals surface area contributed by atoms with E-state index in [1.807, 2.05) is 0 Å². The predicted molar refractivity (Wildman–Crippen MR) is 60.7 cm³/mol. The molecule has 0 saturated carbocycles. The van der Waals surface area contributed by atoms with Crippen LogP contribution in [0.1, 0.15) is 6.42 Å². The summed E-state index contributed by atoms with van der Waals surface area (Å²) < 4.78 is 10.7. The molecule has 106 valence electrons. The minimum atomic E-state index is -0.899. The summed E-state index contributed by atoms with van der Waals surface area (Å²) in [5, 5.41) is 41.7. The van der Waals surface area contributed by atoms with E-state index in [1.54, 1.807) is 0 Å². The molecule has 18 heavy (non-hydrogen) atoms. The summed E-state index contributed by atoms with van der Waals surface area (Å²) in [6.45, 7) is -0.120. The van der Waals surface area contributed by atoms with Crippen LogP contribution in [-0.4, -0.2) is 77.4 Å². The number of β-amino-alcohol motifs (C(OH)–C–C–N with tert-alkyl or cyclic N) is 1. The predicted octanol–water partition coefficient (Wildman–Crippen LogP) is -2.59. The third kappa shape index (κ3) is 2.53. The van der Waals surface area contributed by atoms with E-state index >= 15 is 0 Å². The zero-order valence-corrected chi connectivity index (χ0v) is 10.3. The molecule has 5 N–H and O–H groups in total. The van der Waals surface area contributed by atoms with Crippen molar-refractivity contribution in [1.29, 1.82) is 0 Å². The van der Waals surface area contributed by atoms with Crippen molar-refractivity contribution >= 4 is 0 Å². The molecule has 2 aliphatic rings. The maximum Gasteiger partial charge on any atom is 0.162 e. The van der Waals surface area contributed by atoms with Crippen LogP contribution in [0.15, 0.2) is 0 Å². The second-order valence-electron chi connectivity index (χ2n) is 4.92. The zero-order valence-electron chi connectivity index (χ0n) is 10.3. The molecule has 0 bridgehead atoms. The topological polar surface area (TPSA) is 111 Å². The van der Waals surface area contributed by atoms with Gasteiger partial charge in [-0.1, -0.05) is 0 Å². The van der Waals surface area contributed by atoms with Gasteiger partial charge in [-0.2, -0.15) is 0 Å². The summed E-state index contributed by atoms with van der Waals surface area (Å²) >= 11 is 0. The Kier molecular flexibility index (Phi) is 4.54. The summed E-state index contributed by atoms with van der Waals surface area (Å²) in [5.74, 6) is -0.278. The molecule has 0 aliphatic carbocycles. The first-order chi connectivity index (χ1) is 8.58. The van der Waals surface area contributed by atoms with Gasteiger partial charge in [-0.15, -0.1) is 0 Å². The Bertz CT molecular complexity index is 278. The van der Waals surface area contributed by atoms with Gasteiger partial charge in [0.15, 0.2) is 6.29 Å². The SMILES string of the molecule is CO[C@@H]1O[C@H](CO)[C@@H](O)[C@@H]2NC[C@@H](O)[C@@H](O)C[C@@H]12. The lowest BCUT2D eigenvalue weighted by Gasteiger charge is -2.43. The largest absolute Gasteiger partial charge is 0.394 e. The molecular formula is C11H21NO6. The summed E-state index contributed by atoms with van der Waals surface area (Å²) in [4.78, 5) is 0. The Morgan fingerprint density at radius 1 is 1.28 bits per heavy atom. The molecule has 0 spiro atoms. The summed E-state index contributed by atoms with van der Waals surface area (Å²) in [6.07, 6.45) is -3.74. The normalized spacial score (nSPS) is 49.5. The Hall–Kier alpha value is -0.280. The number of aliphatic hydroxyl groups excluding tert-OH is 4. The van der Waals surface area contributed by atoms with Gasteiger partial charge in [-0.05, 0) is 6.42 Å². The van der Waals surface area contributed by atoms with Crippen LogP contribution in [0.2, 0.25) is 0 Å². The molecule has 2 aliphatic heterocycles. The van der Waals surface area contributed by atoms with Gasteiger partial charge in [0.05, 0.1) is 24.9 Å². The minimum absolute atomic E-state index is 0.188. The lowest BCUT2D eigenvalue weighted by molar-refractivity contribution is -0.257. The number of hydrogen-bond donors (Lipinski definition) is 5.